The van der Waals surface area contributed by atoms with Gasteiger partial charge < -0.3 is 24.8 Å². The molecule has 0 aliphatic heterocycles. The van der Waals surface area contributed by atoms with Gasteiger partial charge in [-0.25, -0.2) is 0 Å². The Morgan fingerprint density at radius 1 is 0.932 bits per heavy atom. The molecule has 0 saturated heterocycles. The second-order valence-electron chi connectivity index (χ2n) is 11.5. The van der Waals surface area contributed by atoms with Gasteiger partial charge in [0.05, 0.1) is 7.11 Å². The van der Waals surface area contributed by atoms with Crippen LogP contribution in [0.4, 0.5) is 5.69 Å². The van der Waals surface area contributed by atoms with Gasteiger partial charge in [0.15, 0.2) is 0 Å². The van der Waals surface area contributed by atoms with Gasteiger partial charge in [0.25, 0.3) is 5.91 Å². The van der Waals surface area contributed by atoms with Crippen molar-refractivity contribution in [3.05, 3.63) is 65.9 Å². The minimum absolute atomic E-state index is 0.0315. The highest BCUT2D eigenvalue weighted by Crippen LogP contribution is 2.26. The molecule has 1 aromatic heterocycles. The Kier molecular flexibility index (Phi) is 12.0. The highest BCUT2D eigenvalue weighted by molar-refractivity contribution is 6.01. The predicted octanol–water partition coefficient (Wildman–Crippen LogP) is 5.40. The number of rotatable bonds is 14. The molecule has 3 aromatic rings. The number of nitrogens with zero attached hydrogens (tertiary/aromatic N) is 2. The lowest BCUT2D eigenvalue weighted by Gasteiger charge is -2.28. The molecule has 1 aliphatic rings. The summed E-state index contributed by atoms with van der Waals surface area (Å²) in [6, 6.07) is 17.6. The van der Waals surface area contributed by atoms with Crippen molar-refractivity contribution < 1.29 is 23.9 Å². The monoisotopic (exact) mass is 602 g/mol. The summed E-state index contributed by atoms with van der Waals surface area (Å²) in [4.78, 5) is 52.9. The number of likely N-dealkylation sites (N-methyl/N-ethyl adjacent to an activating group) is 1. The number of hydrogen-bond donors (Lipinski definition) is 2. The van der Waals surface area contributed by atoms with E-state index in [0.29, 0.717) is 38.0 Å². The van der Waals surface area contributed by atoms with Crippen molar-refractivity contribution in [2.75, 3.05) is 25.1 Å². The van der Waals surface area contributed by atoms with Gasteiger partial charge in [0.1, 0.15) is 12.2 Å². The molecule has 4 rings (SSSR count). The number of amides is 3. The molecule has 2 N–H and O–H groups in total. The van der Waals surface area contributed by atoms with Gasteiger partial charge in [0, 0.05) is 48.1 Å². The molecule has 1 fully saturated rings. The first-order chi connectivity index (χ1) is 21.3. The van der Waals surface area contributed by atoms with Crippen molar-refractivity contribution in [3.8, 4) is 0 Å². The Bertz CT molecular complexity index is 1440. The first-order valence-corrected chi connectivity index (χ1v) is 16.0. The quantitative estimate of drug-likeness (QED) is 0.190. The summed E-state index contributed by atoms with van der Waals surface area (Å²) in [5.74, 6) is -0.486. The van der Waals surface area contributed by atoms with Crippen LogP contribution in [0.15, 0.2) is 54.6 Å². The summed E-state index contributed by atoms with van der Waals surface area (Å²) in [7, 11) is 1.39. The molecule has 0 bridgehead atoms. The van der Waals surface area contributed by atoms with Crippen molar-refractivity contribution in [3.63, 3.8) is 0 Å². The Morgan fingerprint density at radius 3 is 2.43 bits per heavy atom. The molecule has 2 aromatic carbocycles. The van der Waals surface area contributed by atoms with Crippen LogP contribution in [0, 0.1) is 5.92 Å². The zero-order valence-electron chi connectivity index (χ0n) is 26.3. The third-order valence-corrected chi connectivity index (χ3v) is 8.60. The van der Waals surface area contributed by atoms with Crippen LogP contribution in [0.2, 0.25) is 0 Å². The molecule has 0 spiro atoms. The second kappa shape index (κ2) is 16.1. The van der Waals surface area contributed by atoms with Crippen LogP contribution in [0.5, 0.6) is 0 Å². The zero-order chi connectivity index (χ0) is 31.5. The molecule has 9 nitrogen and oxygen atoms in total. The van der Waals surface area contributed by atoms with Crippen molar-refractivity contribution in [1.29, 1.82) is 0 Å². The molecule has 1 aliphatic carbocycles. The lowest BCUT2D eigenvalue weighted by Crippen LogP contribution is -2.42. The van der Waals surface area contributed by atoms with Crippen LogP contribution in [0.25, 0.3) is 10.9 Å². The predicted molar refractivity (Wildman–Crippen MR) is 172 cm³/mol. The third kappa shape index (κ3) is 8.49. The lowest BCUT2D eigenvalue weighted by molar-refractivity contribution is -0.140. The van der Waals surface area contributed by atoms with Gasteiger partial charge in [-0.05, 0) is 81.7 Å². The molecule has 0 unspecified atom stereocenters. The number of para-hydroxylation sites is 1. The minimum Gasteiger partial charge on any atom is -0.469 e. The Morgan fingerprint density at radius 2 is 1.70 bits per heavy atom. The summed E-state index contributed by atoms with van der Waals surface area (Å²) in [5, 5.41) is 7.12. The molecular weight excluding hydrogens is 556 g/mol. The van der Waals surface area contributed by atoms with E-state index < -0.39 is 0 Å². The number of carbonyl (C=O) groups excluding carboxylic acids is 4. The van der Waals surface area contributed by atoms with E-state index >= 15 is 0 Å². The average Bonchev–Trinajstić information content (AvgIpc) is 3.41. The SMILES string of the molecule is CCc1cccc(N(CC)C(=O)Cn2c(C(=O)NC3CCC(C(=O)NCCCCCC(=O)OC)CC3)cc3ccccc32)c1. The number of anilines is 1. The van der Waals surface area contributed by atoms with Gasteiger partial charge in [0.2, 0.25) is 11.8 Å². The zero-order valence-corrected chi connectivity index (χ0v) is 26.3. The van der Waals surface area contributed by atoms with Crippen LogP contribution in [-0.2, 0) is 32.1 Å². The van der Waals surface area contributed by atoms with Gasteiger partial charge in [-0.1, -0.05) is 43.7 Å². The molecule has 0 atom stereocenters. The summed E-state index contributed by atoms with van der Waals surface area (Å²) < 4.78 is 6.47. The smallest absolute Gasteiger partial charge is 0.305 e. The van der Waals surface area contributed by atoms with E-state index in [-0.39, 0.29) is 42.2 Å². The van der Waals surface area contributed by atoms with Gasteiger partial charge in [-0.3, -0.25) is 19.2 Å². The van der Waals surface area contributed by atoms with E-state index in [1.54, 1.807) is 4.90 Å². The topological polar surface area (TPSA) is 110 Å². The van der Waals surface area contributed by atoms with Crippen LogP contribution < -0.4 is 15.5 Å². The molecule has 1 heterocycles. The van der Waals surface area contributed by atoms with Crippen molar-refractivity contribution >= 4 is 40.3 Å². The highest BCUT2D eigenvalue weighted by atomic mass is 16.5. The molecule has 1 saturated carbocycles. The molecular formula is C35H46N4O5. The number of unbranched alkanes of at least 4 members (excludes halogenated alkanes) is 2. The molecule has 3 amide bonds. The van der Waals surface area contributed by atoms with E-state index in [1.807, 2.05) is 60.0 Å². The maximum Gasteiger partial charge on any atom is 0.305 e. The fraction of sp³-hybridized carbons (Fsp3) is 0.486. The average molecular weight is 603 g/mol. The fourth-order valence-corrected chi connectivity index (χ4v) is 6.03. The lowest BCUT2D eigenvalue weighted by atomic mass is 9.85. The number of aromatic nitrogens is 1. The number of methoxy groups -OCH3 is 1. The van der Waals surface area contributed by atoms with E-state index in [9.17, 15) is 19.2 Å². The summed E-state index contributed by atoms with van der Waals surface area (Å²) in [6.07, 6.45) is 6.60. The maximum atomic E-state index is 13.6. The molecule has 44 heavy (non-hydrogen) atoms. The maximum absolute atomic E-state index is 13.6. The Hall–Kier alpha value is -4.14. The summed E-state index contributed by atoms with van der Waals surface area (Å²) in [5.41, 5.74) is 3.33. The normalized spacial score (nSPS) is 16.3. The number of fused-ring (bicyclic) bond motifs is 1. The van der Waals surface area contributed by atoms with E-state index in [0.717, 1.165) is 55.1 Å². The van der Waals surface area contributed by atoms with E-state index in [1.165, 1.54) is 12.7 Å². The van der Waals surface area contributed by atoms with Crippen molar-refractivity contribution in [2.24, 2.45) is 5.92 Å². The van der Waals surface area contributed by atoms with Gasteiger partial charge in [-0.2, -0.15) is 0 Å². The van der Waals surface area contributed by atoms with Gasteiger partial charge in [-0.15, -0.1) is 0 Å². The number of carbonyl (C=O) groups is 4. The van der Waals surface area contributed by atoms with Crippen LogP contribution in [0.3, 0.4) is 0 Å². The third-order valence-electron chi connectivity index (χ3n) is 8.60. The van der Waals surface area contributed by atoms with Crippen LogP contribution in [0.1, 0.15) is 81.3 Å². The van der Waals surface area contributed by atoms with Crippen LogP contribution in [-0.4, -0.2) is 54.5 Å². The molecule has 236 valence electrons. The van der Waals surface area contributed by atoms with Crippen LogP contribution >= 0.6 is 0 Å². The van der Waals surface area contributed by atoms with E-state index in [4.69, 9.17) is 0 Å². The fourth-order valence-electron chi connectivity index (χ4n) is 6.03. The van der Waals surface area contributed by atoms with Crippen molar-refractivity contribution in [2.45, 2.75) is 84.2 Å². The van der Waals surface area contributed by atoms with Crippen molar-refractivity contribution in [1.82, 2.24) is 15.2 Å². The first-order valence-electron chi connectivity index (χ1n) is 16.0. The number of nitrogens with one attached hydrogen (secondary N) is 2. The highest BCUT2D eigenvalue weighted by Gasteiger charge is 2.28. The minimum atomic E-state index is -0.204. The first kappa shape index (κ1) is 32.8. The largest absolute Gasteiger partial charge is 0.469 e. The van der Waals surface area contributed by atoms with E-state index in [2.05, 4.69) is 28.4 Å². The Balaban J connectivity index is 1.34. The number of benzene rings is 2. The number of aryl methyl sites for hydroxylation is 1. The number of ether oxygens (including phenoxy) is 1. The number of hydrogen-bond acceptors (Lipinski definition) is 5. The second-order valence-corrected chi connectivity index (χ2v) is 11.5. The summed E-state index contributed by atoms with van der Waals surface area (Å²) in [6.45, 7) is 5.23. The Labute approximate surface area is 260 Å². The molecule has 9 heteroatoms. The molecule has 0 radical (unpaired) electrons. The standard InChI is InChI=1S/C35H46N4O5/c1-4-25-12-11-14-29(22-25)38(5-2)32(40)24-39-30-15-9-8-13-27(30)23-31(39)35(43)37-28-19-17-26(18-20-28)34(42)36-21-10-6-7-16-33(41)44-3/h8-9,11-15,22-23,26,28H,4-7,10,16-21,24H2,1-3H3,(H,36,42)(H,37,43). The number of esters is 1. The summed E-state index contributed by atoms with van der Waals surface area (Å²) >= 11 is 0. The van der Waals surface area contributed by atoms with Gasteiger partial charge >= 0.3 is 5.97 Å².